The molecule has 5 heterocycles. The minimum Gasteiger partial charge on any atom is -0.458 e. The van der Waals surface area contributed by atoms with Gasteiger partial charge in [0.25, 0.3) is 0 Å². The van der Waals surface area contributed by atoms with Crippen LogP contribution < -0.4 is 5.43 Å². The Labute approximate surface area is 420 Å². The maximum Gasteiger partial charge on any atom is 0.425 e. The third kappa shape index (κ3) is 11.9. The van der Waals surface area contributed by atoms with Crippen LogP contribution in [0.3, 0.4) is 0 Å². The number of aliphatic hydroxyl groups excluding tert-OH is 1. The highest BCUT2D eigenvalue weighted by Gasteiger charge is 2.61. The summed E-state index contributed by atoms with van der Waals surface area (Å²) < 4.78 is 57.9. The second-order valence-electron chi connectivity index (χ2n) is 21.4. The number of nitrogens with zero attached hydrogens (tertiary/aromatic N) is 3. The van der Waals surface area contributed by atoms with Gasteiger partial charge in [-0.15, -0.1) is 0 Å². The summed E-state index contributed by atoms with van der Waals surface area (Å²) in [6.45, 7) is 19.8. The van der Waals surface area contributed by atoms with E-state index < -0.39 is 114 Å². The zero-order valence-corrected chi connectivity index (χ0v) is 44.7. The normalized spacial score (nSPS) is 39.7. The molecule has 4 aliphatic rings. The molecule has 4 saturated heterocycles. The second kappa shape index (κ2) is 23.1. The van der Waals surface area contributed by atoms with E-state index in [4.69, 9.17) is 42.6 Å². The molecule has 1 aromatic heterocycles. The Bertz CT molecular complexity index is 2160. The zero-order valence-electron chi connectivity index (χ0n) is 44.7. The number of para-hydroxylation sites is 1. The van der Waals surface area contributed by atoms with Crippen molar-refractivity contribution in [3.05, 3.63) is 42.1 Å². The predicted molar refractivity (Wildman–Crippen MR) is 263 cm³/mol. The van der Waals surface area contributed by atoms with E-state index in [1.807, 2.05) is 90.9 Å². The van der Waals surface area contributed by atoms with Crippen molar-refractivity contribution in [1.29, 1.82) is 0 Å². The summed E-state index contributed by atoms with van der Waals surface area (Å²) in [5.41, 5.74) is 1.49. The number of cyclic esters (lactones) is 1. The number of carbonyl (C=O) groups is 4. The van der Waals surface area contributed by atoms with Gasteiger partial charge in [0.05, 0.1) is 41.5 Å². The summed E-state index contributed by atoms with van der Waals surface area (Å²) in [4.78, 5) is 63.1. The SMILES string of the molecule is CC[C@H]1OC(=O)[C@H](C)[C@@H](OC2C[C@@](C)(OC)[C@@H](OC(C)=O)[C@H](C)O2)[C@H](C)[C@@H](O[C@@H]2O[C@H](C)C[C@H](N(C)C)[C@H]2O)[C@](C)(OC)C[C@@H](C)C(=O)[C@H](C)[C@@H]2N(NCCCc3ccnc4ccccc34)C(=O)O[C@@]21C. The number of nitrogens with one attached hydrogen (secondary N) is 1. The predicted octanol–water partition coefficient (Wildman–Crippen LogP) is 6.16. The average Bonchev–Trinajstić information content (AvgIpc) is 3.59. The summed E-state index contributed by atoms with van der Waals surface area (Å²) in [5, 5.41) is 14.3. The van der Waals surface area contributed by atoms with E-state index in [1.165, 1.54) is 19.0 Å². The van der Waals surface area contributed by atoms with Gasteiger partial charge in [-0.3, -0.25) is 19.4 Å². The molecule has 2 aromatic rings. The number of aryl methyl sites for hydroxylation is 1. The van der Waals surface area contributed by atoms with Crippen LogP contribution in [0.4, 0.5) is 4.79 Å². The van der Waals surface area contributed by atoms with Gasteiger partial charge in [0.1, 0.15) is 29.6 Å². The first kappa shape index (κ1) is 56.4. The van der Waals surface area contributed by atoms with Crippen molar-refractivity contribution < 1.29 is 66.9 Å². The van der Waals surface area contributed by atoms with E-state index in [-0.39, 0.29) is 37.2 Å². The molecule has 0 saturated carbocycles. The van der Waals surface area contributed by atoms with Crippen molar-refractivity contribution in [3.8, 4) is 0 Å². The van der Waals surface area contributed by atoms with Gasteiger partial charge < -0.3 is 52.6 Å². The van der Waals surface area contributed by atoms with Gasteiger partial charge in [-0.05, 0) is 105 Å². The van der Waals surface area contributed by atoms with Crippen LogP contribution >= 0.6 is 0 Å². The number of ketones is 1. The molecule has 1 amide bonds. The van der Waals surface area contributed by atoms with Crippen LogP contribution in [0.1, 0.15) is 114 Å². The van der Waals surface area contributed by atoms with Gasteiger partial charge in [-0.1, -0.05) is 45.9 Å². The van der Waals surface area contributed by atoms with E-state index in [0.717, 1.165) is 16.5 Å². The lowest BCUT2D eigenvalue weighted by Crippen LogP contribution is -2.62. The number of rotatable bonds is 14. The fraction of sp³-hybridized carbons (Fsp3) is 0.755. The first-order valence-corrected chi connectivity index (χ1v) is 25.5. The van der Waals surface area contributed by atoms with E-state index in [0.29, 0.717) is 25.8 Å². The number of methoxy groups -OCH3 is 2. The number of benzene rings is 1. The van der Waals surface area contributed by atoms with Crippen LogP contribution in [0.25, 0.3) is 10.9 Å². The Hall–Kier alpha value is -3.85. The number of carbonyl (C=O) groups excluding carboxylic acids is 4. The number of ether oxygens (including phenoxy) is 9. The van der Waals surface area contributed by atoms with Crippen molar-refractivity contribution in [2.24, 2.45) is 23.7 Å². The number of fused-ring (bicyclic) bond motifs is 2. The first-order chi connectivity index (χ1) is 33.4. The smallest absolute Gasteiger partial charge is 0.425 e. The number of likely N-dealkylation sites (N-methyl/N-ethyl adjacent to an activating group) is 1. The molecule has 2 N–H and O–H groups in total. The van der Waals surface area contributed by atoms with Crippen LogP contribution in [-0.4, -0.2) is 163 Å². The molecule has 398 valence electrons. The van der Waals surface area contributed by atoms with E-state index in [9.17, 15) is 14.7 Å². The number of aliphatic hydroxyl groups is 1. The Balaban J connectivity index is 1.40. The van der Waals surface area contributed by atoms with Crippen LogP contribution in [-0.2, 0) is 63.4 Å². The van der Waals surface area contributed by atoms with E-state index >= 15 is 9.59 Å². The van der Waals surface area contributed by atoms with Crippen LogP contribution in [0, 0.1) is 23.7 Å². The zero-order chi connectivity index (χ0) is 52.3. The van der Waals surface area contributed by atoms with E-state index in [1.54, 1.807) is 41.0 Å². The third-order valence-electron chi connectivity index (χ3n) is 15.9. The lowest BCUT2D eigenvalue weighted by atomic mass is 9.73. The monoisotopic (exact) mass is 999 g/mol. The van der Waals surface area contributed by atoms with Gasteiger partial charge in [0, 0.05) is 69.5 Å². The average molecular weight is 999 g/mol. The van der Waals surface area contributed by atoms with Crippen molar-refractivity contribution in [1.82, 2.24) is 20.3 Å². The Morgan fingerprint density at radius 3 is 2.25 bits per heavy atom. The number of Topliss-reactive ketones (excluding diaryl/α,β-unsaturated/α-hetero) is 1. The molecule has 18 heteroatoms. The van der Waals surface area contributed by atoms with Gasteiger partial charge in [0.15, 0.2) is 24.3 Å². The third-order valence-corrected chi connectivity index (χ3v) is 15.9. The highest BCUT2D eigenvalue weighted by molar-refractivity contribution is 5.85. The number of amides is 1. The number of hydrogen-bond donors (Lipinski definition) is 2. The molecule has 0 aliphatic carbocycles. The van der Waals surface area contributed by atoms with Crippen molar-refractivity contribution in [2.75, 3.05) is 34.9 Å². The minimum absolute atomic E-state index is 0.106. The highest BCUT2D eigenvalue weighted by Crippen LogP contribution is 2.45. The fourth-order valence-electron chi connectivity index (χ4n) is 11.9. The minimum atomic E-state index is -1.49. The van der Waals surface area contributed by atoms with Crippen molar-refractivity contribution >= 4 is 34.7 Å². The molecular formula is C53H82N4O14. The van der Waals surface area contributed by atoms with Crippen LogP contribution in [0.15, 0.2) is 36.5 Å². The maximum absolute atomic E-state index is 15.2. The number of pyridine rings is 1. The largest absolute Gasteiger partial charge is 0.458 e. The summed E-state index contributed by atoms with van der Waals surface area (Å²) >= 11 is 0. The lowest BCUT2D eigenvalue weighted by molar-refractivity contribution is -0.320. The number of aromatic nitrogens is 1. The van der Waals surface area contributed by atoms with Gasteiger partial charge in [-0.25, -0.2) is 15.2 Å². The topological polar surface area (TPSA) is 203 Å². The fourth-order valence-corrected chi connectivity index (χ4v) is 11.9. The Kier molecular flexibility index (Phi) is 18.4. The number of hydrazine groups is 1. The molecule has 4 fully saturated rings. The molecule has 0 bridgehead atoms. The quantitative estimate of drug-likeness (QED) is 0.124. The molecular weight excluding hydrogens is 917 g/mol. The highest BCUT2D eigenvalue weighted by atomic mass is 16.7. The lowest BCUT2D eigenvalue weighted by Gasteiger charge is -2.50. The molecule has 18 atom stereocenters. The molecule has 6 rings (SSSR count). The molecule has 1 unspecified atom stereocenters. The molecule has 71 heavy (non-hydrogen) atoms. The Morgan fingerprint density at radius 2 is 1.61 bits per heavy atom. The van der Waals surface area contributed by atoms with Gasteiger partial charge in [0.2, 0.25) is 0 Å². The number of hydrogen-bond acceptors (Lipinski definition) is 17. The second-order valence-corrected chi connectivity index (χ2v) is 21.4. The van der Waals surface area contributed by atoms with Crippen molar-refractivity contribution in [3.63, 3.8) is 0 Å². The molecule has 0 radical (unpaired) electrons. The summed E-state index contributed by atoms with van der Waals surface area (Å²) in [7, 11) is 6.85. The van der Waals surface area contributed by atoms with Crippen LogP contribution in [0.5, 0.6) is 0 Å². The molecule has 1 aromatic carbocycles. The summed E-state index contributed by atoms with van der Waals surface area (Å²) in [6, 6.07) is 8.72. The van der Waals surface area contributed by atoms with Crippen LogP contribution in [0.2, 0.25) is 0 Å². The molecule has 18 nitrogen and oxygen atoms in total. The molecule has 0 spiro atoms. The maximum atomic E-state index is 15.2. The number of esters is 2. The Morgan fingerprint density at radius 1 is 0.930 bits per heavy atom. The summed E-state index contributed by atoms with van der Waals surface area (Å²) in [5.74, 6) is -4.64. The van der Waals surface area contributed by atoms with Gasteiger partial charge >= 0.3 is 18.0 Å². The van der Waals surface area contributed by atoms with E-state index in [2.05, 4.69) is 10.4 Å². The summed E-state index contributed by atoms with van der Waals surface area (Å²) in [6.07, 6.45) is -4.59. The standard InChI is InChI=1S/C53H82N4O14/c1-16-40-53(11)45(57(50(62)71-53)55-24-19-20-36-23-25-54-38-22-18-17-21-37(36)38)31(4)42(59)29(2)27-51(9,63-14)46(70-49-43(60)39(56(12)13)26-30(3)65-49)32(5)44(33(6)48(61)68-40)69-41-28-52(10,64-15)47(34(7)66-41)67-35(8)58/h17-18,21-23,25,29-34,39-41,43-47,49,55,60H,16,19-20,24,26-28H2,1-15H3/t29-,30-,31+,32+,33-,34+,39+,40-,41?,43-,44+,45+,46-,47+,49+,51-,52-,53-/m1/s1. The van der Waals surface area contributed by atoms with Crippen molar-refractivity contribution in [2.45, 2.75) is 199 Å². The van der Waals surface area contributed by atoms with Gasteiger partial charge in [-0.2, -0.15) is 0 Å². The molecule has 4 aliphatic heterocycles. The first-order valence-electron chi connectivity index (χ1n) is 25.5.